The molecule has 0 aliphatic carbocycles. The van der Waals surface area contributed by atoms with Gasteiger partial charge >= 0.3 is 12.1 Å². The van der Waals surface area contributed by atoms with Gasteiger partial charge in [0.2, 0.25) is 0 Å². The molecule has 0 radical (unpaired) electrons. The lowest BCUT2D eigenvalue weighted by molar-refractivity contribution is -0.108. The van der Waals surface area contributed by atoms with Gasteiger partial charge in [0.05, 0.1) is 0 Å². The lowest BCUT2D eigenvalue weighted by Crippen LogP contribution is -2.67. The first-order valence-electron chi connectivity index (χ1n) is 7.49. The Balaban J connectivity index is 2.70. The molecule has 0 unspecified atom stereocenters. The summed E-state index contributed by atoms with van der Waals surface area (Å²) in [6.45, 7) is 4.22. The lowest BCUT2D eigenvalue weighted by atomic mass is 9.87. The summed E-state index contributed by atoms with van der Waals surface area (Å²) in [6.07, 6.45) is 1.20. The van der Waals surface area contributed by atoms with E-state index in [0.717, 1.165) is 0 Å². The summed E-state index contributed by atoms with van der Waals surface area (Å²) < 4.78 is 10.5. The SMILES string of the molecule is CCC12N(C)C(=O)N(COC)C1(CC)N(COC)C(=O)N2C. The van der Waals surface area contributed by atoms with Gasteiger partial charge in [-0.25, -0.2) is 9.59 Å². The Labute approximate surface area is 131 Å². The van der Waals surface area contributed by atoms with E-state index in [1.807, 2.05) is 13.8 Å². The van der Waals surface area contributed by atoms with E-state index in [0.29, 0.717) is 12.8 Å². The molecule has 2 rings (SSSR count). The van der Waals surface area contributed by atoms with Crippen molar-refractivity contribution in [2.45, 2.75) is 38.0 Å². The number of carbonyl (C=O) groups is 2. The molecule has 0 saturated carbocycles. The number of fused-ring (bicyclic) bond motifs is 1. The third-order valence-corrected chi connectivity index (χ3v) is 5.18. The predicted molar refractivity (Wildman–Crippen MR) is 79.8 cm³/mol. The maximum atomic E-state index is 12.8. The van der Waals surface area contributed by atoms with E-state index in [4.69, 9.17) is 9.47 Å². The van der Waals surface area contributed by atoms with Crippen molar-refractivity contribution in [1.82, 2.24) is 19.6 Å². The summed E-state index contributed by atoms with van der Waals surface area (Å²) in [7, 11) is 6.57. The minimum absolute atomic E-state index is 0.125. The number of hydrogen-bond acceptors (Lipinski definition) is 4. The highest BCUT2D eigenvalue weighted by Gasteiger charge is 2.75. The second-order valence-corrected chi connectivity index (χ2v) is 5.72. The molecule has 126 valence electrons. The van der Waals surface area contributed by atoms with Crippen LogP contribution in [0, 0.1) is 0 Å². The summed E-state index contributed by atoms with van der Waals surface area (Å²) in [6, 6.07) is -0.294. The van der Waals surface area contributed by atoms with Crippen molar-refractivity contribution >= 4 is 12.1 Å². The lowest BCUT2D eigenvalue weighted by Gasteiger charge is -2.47. The molecule has 0 atom stereocenters. The molecule has 8 heteroatoms. The van der Waals surface area contributed by atoms with Crippen molar-refractivity contribution in [2.75, 3.05) is 41.8 Å². The second-order valence-electron chi connectivity index (χ2n) is 5.72. The van der Waals surface area contributed by atoms with Gasteiger partial charge in [-0.1, -0.05) is 13.8 Å². The summed E-state index contributed by atoms with van der Waals surface area (Å²) in [5.74, 6) is 0. The number of methoxy groups -OCH3 is 2. The molecule has 2 aliphatic rings. The van der Waals surface area contributed by atoms with Crippen LogP contribution in [0.25, 0.3) is 0 Å². The normalized spacial score (nSPS) is 31.5. The fourth-order valence-electron chi connectivity index (χ4n) is 4.34. The van der Waals surface area contributed by atoms with Gasteiger partial charge in [0.25, 0.3) is 0 Å². The van der Waals surface area contributed by atoms with Crippen LogP contribution in [-0.4, -0.2) is 84.8 Å². The third-order valence-electron chi connectivity index (χ3n) is 5.18. The first-order valence-corrected chi connectivity index (χ1v) is 7.49. The molecule has 2 heterocycles. The number of likely N-dealkylation sites (N-methyl/N-ethyl adjacent to an activating group) is 2. The maximum Gasteiger partial charge on any atom is 0.325 e. The summed E-state index contributed by atoms with van der Waals surface area (Å²) in [5.41, 5.74) is -1.56. The zero-order valence-electron chi connectivity index (χ0n) is 14.3. The van der Waals surface area contributed by atoms with Gasteiger partial charge in [0.15, 0.2) is 11.3 Å². The molecule has 0 bridgehead atoms. The quantitative estimate of drug-likeness (QED) is 0.737. The number of urea groups is 2. The molecule has 8 nitrogen and oxygen atoms in total. The zero-order chi connectivity index (χ0) is 16.7. The molecule has 22 heavy (non-hydrogen) atoms. The van der Waals surface area contributed by atoms with Crippen molar-refractivity contribution in [2.24, 2.45) is 0 Å². The van der Waals surface area contributed by atoms with Gasteiger partial charge in [-0.2, -0.15) is 0 Å². The Morgan fingerprint density at radius 1 is 0.818 bits per heavy atom. The van der Waals surface area contributed by atoms with E-state index in [1.54, 1.807) is 47.9 Å². The first-order chi connectivity index (χ1) is 10.4. The number of ether oxygens (including phenoxy) is 2. The van der Waals surface area contributed by atoms with Crippen LogP contribution in [0.3, 0.4) is 0 Å². The summed E-state index contributed by atoms with van der Waals surface area (Å²) in [4.78, 5) is 32.2. The number of hydrogen-bond donors (Lipinski definition) is 0. The fraction of sp³-hybridized carbons (Fsp3) is 0.857. The molecular weight excluding hydrogens is 288 g/mol. The van der Waals surface area contributed by atoms with E-state index >= 15 is 0 Å². The largest absolute Gasteiger partial charge is 0.364 e. The number of carbonyl (C=O) groups excluding carboxylic acids is 2. The molecule has 2 fully saturated rings. The van der Waals surface area contributed by atoms with Gasteiger partial charge in [-0.05, 0) is 12.8 Å². The van der Waals surface area contributed by atoms with Crippen molar-refractivity contribution in [3.63, 3.8) is 0 Å². The van der Waals surface area contributed by atoms with E-state index in [9.17, 15) is 9.59 Å². The van der Waals surface area contributed by atoms with Gasteiger partial charge in [-0.3, -0.25) is 9.80 Å². The van der Waals surface area contributed by atoms with E-state index in [2.05, 4.69) is 0 Å². The topological polar surface area (TPSA) is 65.6 Å². The van der Waals surface area contributed by atoms with Crippen molar-refractivity contribution in [3.05, 3.63) is 0 Å². The Morgan fingerprint density at radius 3 is 1.45 bits per heavy atom. The Bertz CT molecular complexity index is 438. The van der Waals surface area contributed by atoms with Gasteiger partial charge in [-0.15, -0.1) is 0 Å². The highest BCUT2D eigenvalue weighted by Crippen LogP contribution is 2.53. The highest BCUT2D eigenvalue weighted by atomic mass is 16.5. The van der Waals surface area contributed by atoms with Crippen LogP contribution in [0.1, 0.15) is 26.7 Å². The molecule has 0 aromatic heterocycles. The van der Waals surface area contributed by atoms with Gasteiger partial charge < -0.3 is 19.3 Å². The van der Waals surface area contributed by atoms with Crippen LogP contribution in [0.15, 0.2) is 0 Å². The Kier molecular flexibility index (Phi) is 4.27. The zero-order valence-corrected chi connectivity index (χ0v) is 14.3. The summed E-state index contributed by atoms with van der Waals surface area (Å²) in [5, 5.41) is 0. The molecule has 0 N–H and O–H groups in total. The fourth-order valence-corrected chi connectivity index (χ4v) is 4.34. The first kappa shape index (κ1) is 16.8. The van der Waals surface area contributed by atoms with Gasteiger partial charge in [0.1, 0.15) is 13.5 Å². The highest BCUT2D eigenvalue weighted by molar-refractivity contribution is 5.88. The van der Waals surface area contributed by atoms with E-state index in [1.165, 1.54) is 0 Å². The second kappa shape index (κ2) is 5.58. The van der Waals surface area contributed by atoms with Crippen LogP contribution in [0.5, 0.6) is 0 Å². The standard InChI is InChI=1S/C14H26N4O4/c1-7-13-14(8-2,17(9-21-5)11(19)15(13)3)18(10-22-6)12(20)16(13)4/h7-10H2,1-6H3. The van der Waals surface area contributed by atoms with Crippen molar-refractivity contribution in [1.29, 1.82) is 0 Å². The minimum Gasteiger partial charge on any atom is -0.364 e. The van der Waals surface area contributed by atoms with Crippen LogP contribution in [0.2, 0.25) is 0 Å². The Hall–Kier alpha value is -1.54. The van der Waals surface area contributed by atoms with Crippen LogP contribution >= 0.6 is 0 Å². The smallest absolute Gasteiger partial charge is 0.325 e. The summed E-state index contributed by atoms with van der Waals surface area (Å²) >= 11 is 0. The molecular formula is C14H26N4O4. The number of rotatable bonds is 6. The molecule has 4 amide bonds. The van der Waals surface area contributed by atoms with Crippen LogP contribution in [0.4, 0.5) is 9.59 Å². The van der Waals surface area contributed by atoms with Crippen molar-refractivity contribution in [3.8, 4) is 0 Å². The van der Waals surface area contributed by atoms with E-state index < -0.39 is 11.3 Å². The van der Waals surface area contributed by atoms with Gasteiger partial charge in [0, 0.05) is 28.3 Å². The van der Waals surface area contributed by atoms with Crippen LogP contribution in [-0.2, 0) is 9.47 Å². The third kappa shape index (κ3) is 1.59. The van der Waals surface area contributed by atoms with Crippen molar-refractivity contribution < 1.29 is 19.1 Å². The number of amides is 4. The maximum absolute atomic E-state index is 12.8. The average Bonchev–Trinajstić information content (AvgIpc) is 2.82. The molecule has 0 spiro atoms. The monoisotopic (exact) mass is 314 g/mol. The molecule has 2 aliphatic heterocycles. The Morgan fingerprint density at radius 2 is 1.18 bits per heavy atom. The predicted octanol–water partition coefficient (Wildman–Crippen LogP) is 1.14. The molecule has 0 aromatic carbocycles. The average molecular weight is 314 g/mol. The molecule has 2 saturated heterocycles. The molecule has 0 aromatic rings. The van der Waals surface area contributed by atoms with E-state index in [-0.39, 0.29) is 25.5 Å². The minimum atomic E-state index is -0.814. The number of nitrogens with zero attached hydrogens (tertiary/aromatic N) is 4. The van der Waals surface area contributed by atoms with Crippen LogP contribution < -0.4 is 0 Å².